The summed E-state index contributed by atoms with van der Waals surface area (Å²) in [6.07, 6.45) is 0.982. The van der Waals surface area contributed by atoms with E-state index in [0.717, 1.165) is 35.9 Å². The first kappa shape index (κ1) is 15.2. The predicted molar refractivity (Wildman–Crippen MR) is 98.8 cm³/mol. The Balaban J connectivity index is 1.88. The van der Waals surface area contributed by atoms with Crippen LogP contribution >= 0.6 is 35.4 Å². The zero-order chi connectivity index (χ0) is 16.0. The fourth-order valence-corrected chi connectivity index (χ4v) is 4.32. The molecule has 0 aliphatic carbocycles. The number of anilines is 1. The Hall–Kier alpha value is -1.33. The van der Waals surface area contributed by atoms with Gasteiger partial charge in [-0.15, -0.1) is 0 Å². The summed E-state index contributed by atoms with van der Waals surface area (Å²) in [7, 11) is 0. The molecule has 2 aromatic rings. The molecule has 1 atom stereocenters. The van der Waals surface area contributed by atoms with E-state index >= 15 is 0 Å². The molecule has 0 N–H and O–H groups in total. The van der Waals surface area contributed by atoms with Gasteiger partial charge in [0.15, 0.2) is 5.11 Å². The largest absolute Gasteiger partial charge is 0.296 e. The number of hydrazine groups is 1. The Morgan fingerprint density at radius 2 is 1.61 bits per heavy atom. The summed E-state index contributed by atoms with van der Waals surface area (Å²) in [6, 6.07) is 15.8. The summed E-state index contributed by atoms with van der Waals surface area (Å²) in [5, 5.41) is 6.56. The number of hydrogen-bond donors (Lipinski definition) is 0. The van der Waals surface area contributed by atoms with Crippen molar-refractivity contribution in [3.8, 4) is 0 Å². The molecule has 23 heavy (non-hydrogen) atoms. The lowest BCUT2D eigenvalue weighted by atomic mass is 10.1. The van der Waals surface area contributed by atoms with E-state index < -0.39 is 0 Å². The molecule has 2 fully saturated rings. The number of halogens is 2. The maximum absolute atomic E-state index is 6.50. The quantitative estimate of drug-likeness (QED) is 0.713. The van der Waals surface area contributed by atoms with Crippen LogP contribution in [0, 0.1) is 0 Å². The zero-order valence-electron chi connectivity index (χ0n) is 12.3. The van der Waals surface area contributed by atoms with Gasteiger partial charge in [0.25, 0.3) is 0 Å². The van der Waals surface area contributed by atoms with Gasteiger partial charge in [0.05, 0.1) is 0 Å². The maximum atomic E-state index is 6.50. The lowest BCUT2D eigenvalue weighted by molar-refractivity contribution is 0.0924. The predicted octanol–water partition coefficient (Wildman–Crippen LogP) is 4.72. The van der Waals surface area contributed by atoms with E-state index in [1.54, 1.807) is 0 Å². The molecule has 0 aromatic heterocycles. The SMILES string of the molecule is S=C1N(c2ccccc2)[C@H](c2c(Cl)cccc2Cl)N2CCCN12. The first-order valence-electron chi connectivity index (χ1n) is 7.55. The third-order valence-corrected chi connectivity index (χ3v) is 5.38. The van der Waals surface area contributed by atoms with Gasteiger partial charge in [-0.1, -0.05) is 47.5 Å². The monoisotopic (exact) mass is 363 g/mol. The van der Waals surface area contributed by atoms with Crippen molar-refractivity contribution in [2.45, 2.75) is 12.6 Å². The van der Waals surface area contributed by atoms with E-state index in [1.807, 2.05) is 36.4 Å². The van der Waals surface area contributed by atoms with Crippen molar-refractivity contribution in [3.05, 3.63) is 64.1 Å². The minimum absolute atomic E-state index is 0.103. The molecular formula is C17H15Cl2N3S. The zero-order valence-corrected chi connectivity index (χ0v) is 14.7. The molecule has 3 nitrogen and oxygen atoms in total. The van der Waals surface area contributed by atoms with Crippen LogP contribution in [-0.4, -0.2) is 28.2 Å². The van der Waals surface area contributed by atoms with Gasteiger partial charge in [-0.3, -0.25) is 9.91 Å². The molecule has 4 rings (SSSR count). The average molecular weight is 364 g/mol. The highest BCUT2D eigenvalue weighted by Crippen LogP contribution is 2.44. The lowest BCUT2D eigenvalue weighted by Gasteiger charge is -2.30. The van der Waals surface area contributed by atoms with Crippen LogP contribution < -0.4 is 4.90 Å². The molecular weight excluding hydrogens is 349 g/mol. The number of para-hydroxylation sites is 1. The van der Waals surface area contributed by atoms with Gasteiger partial charge in [-0.05, 0) is 42.9 Å². The molecule has 0 bridgehead atoms. The summed E-state index contributed by atoms with van der Waals surface area (Å²) in [4.78, 5) is 2.14. The third kappa shape index (κ3) is 2.41. The van der Waals surface area contributed by atoms with Crippen LogP contribution in [0.5, 0.6) is 0 Å². The second-order valence-corrected chi connectivity index (χ2v) is 6.82. The van der Waals surface area contributed by atoms with Crippen molar-refractivity contribution in [1.82, 2.24) is 10.0 Å². The lowest BCUT2D eigenvalue weighted by Crippen LogP contribution is -2.32. The molecule has 2 aliphatic rings. The van der Waals surface area contributed by atoms with Crippen LogP contribution in [0.15, 0.2) is 48.5 Å². The highest BCUT2D eigenvalue weighted by molar-refractivity contribution is 7.80. The van der Waals surface area contributed by atoms with Gasteiger partial charge in [0, 0.05) is 34.4 Å². The van der Waals surface area contributed by atoms with Crippen LogP contribution in [-0.2, 0) is 0 Å². The summed E-state index contributed by atoms with van der Waals surface area (Å²) >= 11 is 18.7. The molecule has 0 saturated carbocycles. The van der Waals surface area contributed by atoms with Crippen molar-refractivity contribution >= 4 is 46.2 Å². The molecule has 0 spiro atoms. The number of fused-ring (bicyclic) bond motifs is 1. The van der Waals surface area contributed by atoms with Crippen molar-refractivity contribution in [1.29, 1.82) is 0 Å². The molecule has 118 valence electrons. The van der Waals surface area contributed by atoms with Gasteiger partial charge >= 0.3 is 0 Å². The fourth-order valence-electron chi connectivity index (χ4n) is 3.33. The Morgan fingerprint density at radius 3 is 2.30 bits per heavy atom. The second kappa shape index (κ2) is 5.95. The molecule has 0 radical (unpaired) electrons. The first-order valence-corrected chi connectivity index (χ1v) is 8.71. The van der Waals surface area contributed by atoms with Crippen molar-refractivity contribution in [2.75, 3.05) is 18.0 Å². The van der Waals surface area contributed by atoms with Crippen LogP contribution in [0.25, 0.3) is 0 Å². The molecule has 2 aliphatic heterocycles. The Bertz CT molecular complexity index is 733. The smallest absolute Gasteiger partial charge is 0.192 e. The summed E-state index contributed by atoms with van der Waals surface area (Å²) in [6.45, 7) is 1.87. The summed E-state index contributed by atoms with van der Waals surface area (Å²) in [5.41, 5.74) is 1.96. The van der Waals surface area contributed by atoms with Crippen LogP contribution in [0.1, 0.15) is 18.2 Å². The van der Waals surface area contributed by atoms with E-state index in [4.69, 9.17) is 35.4 Å². The Morgan fingerprint density at radius 1 is 0.913 bits per heavy atom. The molecule has 6 heteroatoms. The third-order valence-electron chi connectivity index (χ3n) is 4.31. The molecule has 2 aromatic carbocycles. The summed E-state index contributed by atoms with van der Waals surface area (Å²) < 4.78 is 0. The van der Waals surface area contributed by atoms with E-state index in [-0.39, 0.29) is 6.17 Å². The molecule has 2 heterocycles. The Labute approximate surface area is 151 Å². The van der Waals surface area contributed by atoms with Crippen LogP contribution in [0.3, 0.4) is 0 Å². The van der Waals surface area contributed by atoms with Gasteiger partial charge in [0.1, 0.15) is 6.17 Å². The number of hydrogen-bond acceptors (Lipinski definition) is 2. The first-order chi connectivity index (χ1) is 11.2. The second-order valence-electron chi connectivity index (χ2n) is 5.64. The molecule has 0 amide bonds. The number of benzene rings is 2. The van der Waals surface area contributed by atoms with Crippen LogP contribution in [0.4, 0.5) is 5.69 Å². The minimum Gasteiger partial charge on any atom is -0.296 e. The van der Waals surface area contributed by atoms with E-state index in [9.17, 15) is 0 Å². The minimum atomic E-state index is -0.103. The fraction of sp³-hybridized carbons (Fsp3) is 0.235. The maximum Gasteiger partial charge on any atom is 0.192 e. The normalized spacial score (nSPS) is 21.1. The Kier molecular flexibility index (Phi) is 3.93. The van der Waals surface area contributed by atoms with Gasteiger partial charge in [0.2, 0.25) is 0 Å². The molecule has 0 unspecified atom stereocenters. The topological polar surface area (TPSA) is 9.72 Å². The highest BCUT2D eigenvalue weighted by atomic mass is 35.5. The van der Waals surface area contributed by atoms with Crippen molar-refractivity contribution < 1.29 is 0 Å². The van der Waals surface area contributed by atoms with E-state index in [0.29, 0.717) is 10.0 Å². The molecule has 2 saturated heterocycles. The van der Waals surface area contributed by atoms with E-state index in [2.05, 4.69) is 27.1 Å². The van der Waals surface area contributed by atoms with Gasteiger partial charge in [-0.25, -0.2) is 0 Å². The standard InChI is InChI=1S/C17H15Cl2N3S/c18-13-8-4-9-14(19)15(13)16-20-10-5-11-21(20)17(23)22(16)12-6-2-1-3-7-12/h1-4,6-9,16H,5,10-11H2/t16-/m1/s1. The number of nitrogens with zero attached hydrogens (tertiary/aromatic N) is 3. The van der Waals surface area contributed by atoms with Crippen LogP contribution in [0.2, 0.25) is 10.0 Å². The number of rotatable bonds is 2. The highest BCUT2D eigenvalue weighted by Gasteiger charge is 2.46. The summed E-state index contributed by atoms with van der Waals surface area (Å²) in [5.74, 6) is 0. The average Bonchev–Trinajstić information content (AvgIpc) is 3.12. The van der Waals surface area contributed by atoms with Gasteiger partial charge < -0.3 is 0 Å². The van der Waals surface area contributed by atoms with Gasteiger partial charge in [-0.2, -0.15) is 5.01 Å². The van der Waals surface area contributed by atoms with E-state index in [1.165, 1.54) is 0 Å². The van der Waals surface area contributed by atoms with Crippen molar-refractivity contribution in [3.63, 3.8) is 0 Å². The number of thiocarbonyl (C=S) groups is 1. The van der Waals surface area contributed by atoms with Crippen molar-refractivity contribution in [2.24, 2.45) is 0 Å².